The minimum atomic E-state index is 1.02. The third-order valence-electron chi connectivity index (χ3n) is 1.90. The average molecular weight is 172 g/mol. The minimum absolute atomic E-state index is 1.02. The molecule has 0 aliphatic carbocycles. The fourth-order valence-corrected chi connectivity index (χ4v) is 1.29. The molecule has 1 aromatic heterocycles. The van der Waals surface area contributed by atoms with Crippen molar-refractivity contribution in [2.24, 2.45) is 0 Å². The van der Waals surface area contributed by atoms with E-state index in [1.807, 2.05) is 30.5 Å². The average Bonchev–Trinajstić information content (AvgIpc) is 2.57. The van der Waals surface area contributed by atoms with Gasteiger partial charge in [-0.2, -0.15) is 0 Å². The lowest BCUT2D eigenvalue weighted by Crippen LogP contribution is -1.89. The third kappa shape index (κ3) is 1.90. The quantitative estimate of drug-likeness (QED) is 0.715. The fourth-order valence-electron chi connectivity index (χ4n) is 1.29. The molecular formula is C11H12N2. The summed E-state index contributed by atoms with van der Waals surface area (Å²) < 4.78 is 0. The Morgan fingerprint density at radius 2 is 2.08 bits per heavy atom. The number of hydrogen-bond acceptors (Lipinski definition) is 1. The van der Waals surface area contributed by atoms with Crippen LogP contribution >= 0.6 is 0 Å². The Balaban J connectivity index is 2.19. The van der Waals surface area contributed by atoms with E-state index in [-0.39, 0.29) is 0 Å². The van der Waals surface area contributed by atoms with Crippen LogP contribution in [0.2, 0.25) is 0 Å². The number of H-pyrrole nitrogens is 1. The molecule has 0 saturated heterocycles. The van der Waals surface area contributed by atoms with Crippen molar-refractivity contribution in [3.8, 4) is 0 Å². The summed E-state index contributed by atoms with van der Waals surface area (Å²) in [5, 5.41) is 3.27. The number of aryl methyl sites for hydroxylation is 1. The summed E-state index contributed by atoms with van der Waals surface area (Å²) >= 11 is 0. The summed E-state index contributed by atoms with van der Waals surface area (Å²) in [5.41, 5.74) is 2.37. The van der Waals surface area contributed by atoms with Crippen LogP contribution in [-0.2, 0) is 0 Å². The van der Waals surface area contributed by atoms with Gasteiger partial charge in [-0.15, -0.1) is 0 Å². The largest absolute Gasteiger partial charge is 0.348 e. The van der Waals surface area contributed by atoms with E-state index in [4.69, 9.17) is 0 Å². The van der Waals surface area contributed by atoms with Gasteiger partial charge in [0.15, 0.2) is 0 Å². The van der Waals surface area contributed by atoms with Crippen LogP contribution in [0, 0.1) is 6.92 Å². The molecule has 2 aromatic rings. The Morgan fingerprint density at radius 3 is 2.77 bits per heavy atom. The summed E-state index contributed by atoms with van der Waals surface area (Å²) in [4.78, 5) is 3.09. The van der Waals surface area contributed by atoms with Crippen molar-refractivity contribution in [2.45, 2.75) is 6.92 Å². The highest BCUT2D eigenvalue weighted by atomic mass is 15.0. The Bertz CT molecular complexity index is 377. The lowest BCUT2D eigenvalue weighted by atomic mass is 10.2. The Hall–Kier alpha value is -1.70. The van der Waals surface area contributed by atoms with Crippen LogP contribution in [0.3, 0.4) is 0 Å². The third-order valence-corrected chi connectivity index (χ3v) is 1.90. The molecule has 1 heterocycles. The molecule has 1 aromatic carbocycles. The predicted molar refractivity (Wildman–Crippen MR) is 55.3 cm³/mol. The highest BCUT2D eigenvalue weighted by Gasteiger charge is 1.93. The van der Waals surface area contributed by atoms with Gasteiger partial charge in [-0.05, 0) is 36.8 Å². The highest BCUT2D eigenvalue weighted by Crippen LogP contribution is 2.14. The first kappa shape index (κ1) is 7.92. The molecule has 0 aliphatic heterocycles. The molecule has 0 saturated carbocycles. The standard InChI is InChI=1S/C11H12N2/c1-9-4-2-5-10(8-9)13-11-6-3-7-12-11/h2-8,12-13H,1H3. The number of anilines is 2. The number of hydrogen-bond donors (Lipinski definition) is 2. The summed E-state index contributed by atoms with van der Waals surface area (Å²) in [6.45, 7) is 2.08. The van der Waals surface area contributed by atoms with E-state index in [1.165, 1.54) is 5.56 Å². The second-order valence-corrected chi connectivity index (χ2v) is 3.08. The van der Waals surface area contributed by atoms with E-state index in [9.17, 15) is 0 Å². The molecule has 0 fully saturated rings. The lowest BCUT2D eigenvalue weighted by Gasteiger charge is -2.03. The predicted octanol–water partition coefficient (Wildman–Crippen LogP) is 3.07. The fraction of sp³-hybridized carbons (Fsp3) is 0.0909. The topological polar surface area (TPSA) is 27.8 Å². The Labute approximate surface area is 77.6 Å². The van der Waals surface area contributed by atoms with E-state index in [1.54, 1.807) is 0 Å². The zero-order valence-corrected chi connectivity index (χ0v) is 7.54. The normalized spacial score (nSPS) is 9.92. The first-order chi connectivity index (χ1) is 6.34. The molecule has 0 aliphatic rings. The van der Waals surface area contributed by atoms with Crippen LogP contribution in [0.1, 0.15) is 5.56 Å². The minimum Gasteiger partial charge on any atom is -0.348 e. The molecule has 0 radical (unpaired) electrons. The maximum Gasteiger partial charge on any atom is 0.107 e. The highest BCUT2D eigenvalue weighted by molar-refractivity contribution is 5.56. The SMILES string of the molecule is Cc1cccc(Nc2ccc[nH]2)c1. The zero-order chi connectivity index (χ0) is 9.10. The van der Waals surface area contributed by atoms with Gasteiger partial charge in [0, 0.05) is 11.9 Å². The lowest BCUT2D eigenvalue weighted by molar-refractivity contribution is 1.37. The number of aromatic nitrogens is 1. The van der Waals surface area contributed by atoms with Crippen LogP contribution in [0.5, 0.6) is 0 Å². The maximum atomic E-state index is 3.27. The molecule has 0 amide bonds. The second kappa shape index (κ2) is 3.35. The van der Waals surface area contributed by atoms with Crippen LogP contribution < -0.4 is 5.32 Å². The van der Waals surface area contributed by atoms with Gasteiger partial charge in [0.25, 0.3) is 0 Å². The van der Waals surface area contributed by atoms with Gasteiger partial charge in [0.1, 0.15) is 5.82 Å². The molecule has 13 heavy (non-hydrogen) atoms. The van der Waals surface area contributed by atoms with E-state index in [0.29, 0.717) is 0 Å². The van der Waals surface area contributed by atoms with Gasteiger partial charge in [0.2, 0.25) is 0 Å². The molecule has 2 rings (SSSR count). The molecule has 0 unspecified atom stereocenters. The first-order valence-electron chi connectivity index (χ1n) is 4.32. The molecule has 66 valence electrons. The van der Waals surface area contributed by atoms with Crippen LogP contribution in [0.15, 0.2) is 42.6 Å². The molecule has 0 atom stereocenters. The van der Waals surface area contributed by atoms with Crippen molar-refractivity contribution < 1.29 is 0 Å². The molecule has 2 nitrogen and oxygen atoms in total. The smallest absolute Gasteiger partial charge is 0.107 e. The van der Waals surface area contributed by atoms with Gasteiger partial charge in [0.05, 0.1) is 0 Å². The zero-order valence-electron chi connectivity index (χ0n) is 7.54. The number of aromatic amines is 1. The Kier molecular flexibility index (Phi) is 2.04. The van der Waals surface area contributed by atoms with Crippen molar-refractivity contribution in [1.29, 1.82) is 0 Å². The second-order valence-electron chi connectivity index (χ2n) is 3.08. The van der Waals surface area contributed by atoms with Crippen LogP contribution in [0.4, 0.5) is 11.5 Å². The van der Waals surface area contributed by atoms with Gasteiger partial charge in [-0.1, -0.05) is 12.1 Å². The summed E-state index contributed by atoms with van der Waals surface area (Å²) in [6.07, 6.45) is 1.90. The summed E-state index contributed by atoms with van der Waals surface area (Å²) in [7, 11) is 0. The first-order valence-corrected chi connectivity index (χ1v) is 4.32. The number of rotatable bonds is 2. The molecular weight excluding hydrogens is 160 g/mol. The summed E-state index contributed by atoms with van der Waals surface area (Å²) in [5.74, 6) is 1.02. The number of nitrogens with one attached hydrogen (secondary N) is 2. The number of benzene rings is 1. The van der Waals surface area contributed by atoms with Crippen LogP contribution in [0.25, 0.3) is 0 Å². The van der Waals surface area contributed by atoms with Gasteiger partial charge in [-0.3, -0.25) is 0 Å². The molecule has 2 N–H and O–H groups in total. The van der Waals surface area contributed by atoms with E-state index in [2.05, 4.69) is 29.4 Å². The van der Waals surface area contributed by atoms with Gasteiger partial charge in [-0.25, -0.2) is 0 Å². The van der Waals surface area contributed by atoms with Gasteiger partial charge >= 0.3 is 0 Å². The van der Waals surface area contributed by atoms with E-state index >= 15 is 0 Å². The monoisotopic (exact) mass is 172 g/mol. The maximum absolute atomic E-state index is 3.27. The Morgan fingerprint density at radius 1 is 1.15 bits per heavy atom. The van der Waals surface area contributed by atoms with Crippen molar-refractivity contribution in [2.75, 3.05) is 5.32 Å². The van der Waals surface area contributed by atoms with Crippen molar-refractivity contribution in [3.63, 3.8) is 0 Å². The van der Waals surface area contributed by atoms with Crippen molar-refractivity contribution >= 4 is 11.5 Å². The molecule has 0 spiro atoms. The van der Waals surface area contributed by atoms with E-state index < -0.39 is 0 Å². The van der Waals surface area contributed by atoms with Crippen LogP contribution in [-0.4, -0.2) is 4.98 Å². The molecule has 0 bridgehead atoms. The van der Waals surface area contributed by atoms with E-state index in [0.717, 1.165) is 11.5 Å². The van der Waals surface area contributed by atoms with Crippen molar-refractivity contribution in [1.82, 2.24) is 4.98 Å². The van der Waals surface area contributed by atoms with Crippen molar-refractivity contribution in [3.05, 3.63) is 48.2 Å². The summed E-state index contributed by atoms with van der Waals surface area (Å²) in [6, 6.07) is 12.3. The molecule has 2 heteroatoms. The van der Waals surface area contributed by atoms with Gasteiger partial charge < -0.3 is 10.3 Å².